The molecule has 2 amide bonds. The van der Waals surface area contributed by atoms with Crippen LogP contribution in [0, 0.1) is 11.8 Å². The molecule has 0 aliphatic carbocycles. The maximum Gasteiger partial charge on any atom is 0.337 e. The second kappa shape index (κ2) is 8.60. The van der Waals surface area contributed by atoms with Gasteiger partial charge in [-0.1, -0.05) is 12.0 Å². The molecule has 0 aliphatic heterocycles. The SMILES string of the molecule is CC#CCOc1ccc2[nH]nc(NC(=O)Nc3cccc(C(=O)OC)c3)c2c1. The van der Waals surface area contributed by atoms with Crippen LogP contribution in [0.15, 0.2) is 42.5 Å². The highest BCUT2D eigenvalue weighted by Gasteiger charge is 2.12. The standard InChI is InChI=1S/C20H18N4O4/c1-3-4-10-28-15-8-9-17-16(12-15)18(24-23-17)22-20(26)21-14-7-5-6-13(11-14)19(25)27-2/h5-9,11-12H,10H2,1-2H3,(H3,21,22,23,24,26). The third kappa shape index (κ3) is 4.40. The van der Waals surface area contributed by atoms with Gasteiger partial charge >= 0.3 is 12.0 Å². The predicted octanol–water partition coefficient (Wildman–Crippen LogP) is 3.40. The van der Waals surface area contributed by atoms with Gasteiger partial charge in [0.05, 0.1) is 18.2 Å². The summed E-state index contributed by atoms with van der Waals surface area (Å²) >= 11 is 0. The number of hydrogen-bond donors (Lipinski definition) is 3. The molecule has 8 nitrogen and oxygen atoms in total. The van der Waals surface area contributed by atoms with Crippen molar-refractivity contribution >= 4 is 34.4 Å². The highest BCUT2D eigenvalue weighted by atomic mass is 16.5. The van der Waals surface area contributed by atoms with Gasteiger partial charge < -0.3 is 14.8 Å². The Morgan fingerprint density at radius 2 is 2.04 bits per heavy atom. The smallest absolute Gasteiger partial charge is 0.337 e. The van der Waals surface area contributed by atoms with Crippen LogP contribution in [0.4, 0.5) is 16.3 Å². The number of aromatic nitrogens is 2. The Morgan fingerprint density at radius 3 is 2.82 bits per heavy atom. The number of benzene rings is 2. The molecule has 0 atom stereocenters. The van der Waals surface area contributed by atoms with Gasteiger partial charge in [-0.05, 0) is 43.3 Å². The number of fused-ring (bicyclic) bond motifs is 1. The zero-order chi connectivity index (χ0) is 19.9. The zero-order valence-electron chi connectivity index (χ0n) is 15.3. The highest BCUT2D eigenvalue weighted by molar-refractivity contribution is 6.05. The normalized spacial score (nSPS) is 9.93. The second-order valence-electron chi connectivity index (χ2n) is 5.65. The van der Waals surface area contributed by atoms with Crippen molar-refractivity contribution in [3.05, 3.63) is 48.0 Å². The molecule has 3 N–H and O–H groups in total. The van der Waals surface area contributed by atoms with Gasteiger partial charge in [0.25, 0.3) is 0 Å². The summed E-state index contributed by atoms with van der Waals surface area (Å²) in [5.74, 6) is 6.06. The fraction of sp³-hybridized carbons (Fsp3) is 0.150. The van der Waals surface area contributed by atoms with Crippen molar-refractivity contribution in [2.45, 2.75) is 6.92 Å². The Hall–Kier alpha value is -3.99. The second-order valence-corrected chi connectivity index (χ2v) is 5.65. The average molecular weight is 378 g/mol. The van der Waals surface area contributed by atoms with Crippen LogP contribution in [0.2, 0.25) is 0 Å². The number of carbonyl (C=O) groups excluding carboxylic acids is 2. The fourth-order valence-electron chi connectivity index (χ4n) is 2.48. The van der Waals surface area contributed by atoms with Gasteiger partial charge in [-0.2, -0.15) is 5.10 Å². The number of hydrogen-bond acceptors (Lipinski definition) is 5. The van der Waals surface area contributed by atoms with Crippen molar-refractivity contribution in [1.29, 1.82) is 0 Å². The maximum atomic E-state index is 12.3. The van der Waals surface area contributed by atoms with E-state index in [0.717, 1.165) is 5.52 Å². The van der Waals surface area contributed by atoms with Gasteiger partial charge in [-0.25, -0.2) is 9.59 Å². The topological polar surface area (TPSA) is 105 Å². The van der Waals surface area contributed by atoms with Gasteiger partial charge in [0.1, 0.15) is 12.4 Å². The van der Waals surface area contributed by atoms with E-state index >= 15 is 0 Å². The van der Waals surface area contributed by atoms with Gasteiger partial charge in [-0.15, -0.1) is 5.92 Å². The lowest BCUT2D eigenvalue weighted by Crippen LogP contribution is -2.20. The highest BCUT2D eigenvalue weighted by Crippen LogP contribution is 2.25. The monoisotopic (exact) mass is 378 g/mol. The summed E-state index contributed by atoms with van der Waals surface area (Å²) in [6.07, 6.45) is 0. The minimum absolute atomic E-state index is 0.277. The number of nitrogens with zero attached hydrogens (tertiary/aromatic N) is 1. The number of carbonyl (C=O) groups is 2. The molecule has 28 heavy (non-hydrogen) atoms. The molecule has 142 valence electrons. The van der Waals surface area contributed by atoms with Crippen LogP contribution in [0.5, 0.6) is 5.75 Å². The summed E-state index contributed by atoms with van der Waals surface area (Å²) in [6.45, 7) is 2.02. The largest absolute Gasteiger partial charge is 0.481 e. The number of H-pyrrole nitrogens is 1. The van der Waals surface area contributed by atoms with E-state index < -0.39 is 12.0 Å². The van der Waals surface area contributed by atoms with Crippen LogP contribution in [0.3, 0.4) is 0 Å². The van der Waals surface area contributed by atoms with Crippen molar-refractivity contribution < 1.29 is 19.1 Å². The summed E-state index contributed by atoms with van der Waals surface area (Å²) in [6, 6.07) is 11.3. The van der Waals surface area contributed by atoms with Crippen LogP contribution >= 0.6 is 0 Å². The van der Waals surface area contributed by atoms with Crippen LogP contribution in [0.25, 0.3) is 10.9 Å². The molecule has 2 aromatic carbocycles. The van der Waals surface area contributed by atoms with E-state index in [4.69, 9.17) is 4.74 Å². The third-order valence-electron chi connectivity index (χ3n) is 3.80. The predicted molar refractivity (Wildman–Crippen MR) is 105 cm³/mol. The van der Waals surface area contributed by atoms with Crippen molar-refractivity contribution in [3.63, 3.8) is 0 Å². The molecule has 3 rings (SSSR count). The first-order chi connectivity index (χ1) is 13.6. The minimum atomic E-state index is -0.501. The van der Waals surface area contributed by atoms with E-state index in [1.807, 2.05) is 0 Å². The quantitative estimate of drug-likeness (QED) is 0.466. The Kier molecular flexibility index (Phi) is 5.77. The van der Waals surface area contributed by atoms with Crippen LogP contribution < -0.4 is 15.4 Å². The lowest BCUT2D eigenvalue weighted by molar-refractivity contribution is 0.0600. The molecule has 3 aromatic rings. The maximum absolute atomic E-state index is 12.3. The molecular formula is C20H18N4O4. The number of esters is 1. The van der Waals surface area contributed by atoms with E-state index in [1.54, 1.807) is 43.3 Å². The Labute approximate surface area is 161 Å². The molecule has 0 saturated heterocycles. The Bertz CT molecular complexity index is 1080. The summed E-state index contributed by atoms with van der Waals surface area (Å²) in [5.41, 5.74) is 1.53. The third-order valence-corrected chi connectivity index (χ3v) is 3.80. The van der Waals surface area contributed by atoms with Crippen molar-refractivity contribution in [2.24, 2.45) is 0 Å². The molecule has 0 spiro atoms. The zero-order valence-corrected chi connectivity index (χ0v) is 15.3. The van der Waals surface area contributed by atoms with Crippen LogP contribution in [0.1, 0.15) is 17.3 Å². The molecule has 0 aliphatic rings. The van der Waals surface area contributed by atoms with Crippen molar-refractivity contribution in [2.75, 3.05) is 24.4 Å². The van der Waals surface area contributed by atoms with E-state index in [1.165, 1.54) is 13.2 Å². The average Bonchev–Trinajstić information content (AvgIpc) is 3.09. The molecule has 0 fully saturated rings. The van der Waals surface area contributed by atoms with Crippen LogP contribution in [-0.2, 0) is 4.74 Å². The molecule has 0 radical (unpaired) electrons. The number of rotatable bonds is 5. The number of methoxy groups -OCH3 is 1. The van der Waals surface area contributed by atoms with Gasteiger partial charge in [-0.3, -0.25) is 10.4 Å². The molecule has 1 heterocycles. The Balaban J connectivity index is 1.73. The van der Waals surface area contributed by atoms with E-state index in [-0.39, 0.29) is 6.61 Å². The summed E-state index contributed by atoms with van der Waals surface area (Å²) in [4.78, 5) is 23.9. The first-order valence-corrected chi connectivity index (χ1v) is 8.37. The summed E-state index contributed by atoms with van der Waals surface area (Å²) < 4.78 is 10.2. The number of amides is 2. The molecular weight excluding hydrogens is 360 g/mol. The molecule has 0 saturated carbocycles. The minimum Gasteiger partial charge on any atom is -0.481 e. The molecule has 8 heteroatoms. The van der Waals surface area contributed by atoms with Gasteiger partial charge in [0.15, 0.2) is 5.82 Å². The lowest BCUT2D eigenvalue weighted by atomic mass is 10.2. The number of ether oxygens (including phenoxy) is 2. The number of urea groups is 1. The molecule has 0 bridgehead atoms. The van der Waals surface area contributed by atoms with E-state index in [0.29, 0.717) is 28.2 Å². The van der Waals surface area contributed by atoms with Gasteiger partial charge in [0, 0.05) is 11.1 Å². The van der Waals surface area contributed by atoms with E-state index in [9.17, 15) is 9.59 Å². The van der Waals surface area contributed by atoms with Crippen molar-refractivity contribution in [3.8, 4) is 17.6 Å². The molecule has 1 aromatic heterocycles. The summed E-state index contributed by atoms with van der Waals surface area (Å²) in [7, 11) is 1.30. The fourth-order valence-corrected chi connectivity index (χ4v) is 2.48. The van der Waals surface area contributed by atoms with Gasteiger partial charge in [0.2, 0.25) is 0 Å². The number of aromatic amines is 1. The first kappa shape index (κ1) is 18.8. The number of anilines is 2. The van der Waals surface area contributed by atoms with E-state index in [2.05, 4.69) is 37.4 Å². The number of nitrogens with one attached hydrogen (secondary N) is 3. The Morgan fingerprint density at radius 1 is 1.18 bits per heavy atom. The first-order valence-electron chi connectivity index (χ1n) is 8.37. The van der Waals surface area contributed by atoms with Crippen LogP contribution in [-0.4, -0.2) is 35.9 Å². The van der Waals surface area contributed by atoms with Crippen molar-refractivity contribution in [1.82, 2.24) is 10.2 Å². The summed E-state index contributed by atoms with van der Waals surface area (Å²) in [5, 5.41) is 13.0. The molecule has 0 unspecified atom stereocenters. The lowest BCUT2D eigenvalue weighted by Gasteiger charge is -2.08.